The Labute approximate surface area is 64.5 Å². The number of hydrogen-bond donors (Lipinski definition) is 2. The molecule has 0 radical (unpaired) electrons. The summed E-state index contributed by atoms with van der Waals surface area (Å²) in [4.78, 5) is 0. The summed E-state index contributed by atoms with van der Waals surface area (Å²) in [5.74, 6) is 0. The van der Waals surface area contributed by atoms with Gasteiger partial charge in [-0.3, -0.25) is 5.43 Å². The van der Waals surface area contributed by atoms with Gasteiger partial charge in [0, 0.05) is 0 Å². The summed E-state index contributed by atoms with van der Waals surface area (Å²) < 4.78 is 0. The zero-order valence-electron chi connectivity index (χ0n) is 7.02. The molecule has 0 spiro atoms. The Hall–Kier alpha value is 0.350. The lowest BCUT2D eigenvalue weighted by atomic mass is 10.2. The van der Waals surface area contributed by atoms with Gasteiger partial charge in [-0.05, 0) is 39.3 Å². The lowest BCUT2D eigenvalue weighted by Crippen LogP contribution is -2.26. The summed E-state index contributed by atoms with van der Waals surface area (Å²) in [5.41, 5.74) is 4.85. The third kappa shape index (κ3) is 1.69. The van der Waals surface area contributed by atoms with E-state index in [1.807, 2.05) is 7.05 Å². The minimum atomic E-state index is 0.0712. The van der Waals surface area contributed by atoms with Crippen molar-refractivity contribution in [2.24, 2.45) is 0 Å². The first-order valence-electron chi connectivity index (χ1n) is 3.96. The molecule has 1 heterocycles. The lowest BCUT2D eigenvalue weighted by Gasteiger charge is -2.20. The Kier molecular flexibility index (Phi) is 3.09. The second-order valence-corrected chi connectivity index (χ2v) is 5.85. The zero-order valence-corrected chi connectivity index (χ0v) is 7.91. The molecular formula is C7H17N2P. The van der Waals surface area contributed by atoms with E-state index in [0.29, 0.717) is 0 Å². The van der Waals surface area contributed by atoms with Crippen LogP contribution in [0.5, 0.6) is 0 Å². The van der Waals surface area contributed by atoms with E-state index >= 15 is 0 Å². The maximum absolute atomic E-state index is 3.36. The zero-order chi connectivity index (χ0) is 7.56. The SMILES string of the molecule is CNNP1[C@H](C)CC[C@H]1C. The fraction of sp³-hybridized carbons (Fsp3) is 1.00. The lowest BCUT2D eigenvalue weighted by molar-refractivity contribution is 0.777. The monoisotopic (exact) mass is 160 g/mol. The summed E-state index contributed by atoms with van der Waals surface area (Å²) in [6.45, 7) is 4.69. The van der Waals surface area contributed by atoms with Crippen LogP contribution in [0.25, 0.3) is 0 Å². The van der Waals surface area contributed by atoms with Crippen molar-refractivity contribution in [3.05, 3.63) is 0 Å². The Morgan fingerprint density at radius 3 is 2.10 bits per heavy atom. The Morgan fingerprint density at radius 1 is 1.20 bits per heavy atom. The number of nitrogens with one attached hydrogen (secondary N) is 2. The van der Waals surface area contributed by atoms with Crippen LogP contribution in [0.1, 0.15) is 26.7 Å². The van der Waals surface area contributed by atoms with Gasteiger partial charge in [-0.15, -0.1) is 0 Å². The molecular weight excluding hydrogens is 143 g/mol. The molecule has 3 heteroatoms. The van der Waals surface area contributed by atoms with E-state index in [1.54, 1.807) is 0 Å². The quantitative estimate of drug-likeness (QED) is 0.474. The summed E-state index contributed by atoms with van der Waals surface area (Å²) in [7, 11) is 2.03. The highest BCUT2D eigenvalue weighted by atomic mass is 31.1. The highest BCUT2D eigenvalue weighted by Crippen LogP contribution is 2.51. The normalized spacial score (nSPS) is 35.1. The van der Waals surface area contributed by atoms with Gasteiger partial charge >= 0.3 is 0 Å². The minimum Gasteiger partial charge on any atom is -0.257 e. The fourth-order valence-electron chi connectivity index (χ4n) is 1.54. The molecule has 1 saturated heterocycles. The molecule has 0 unspecified atom stereocenters. The molecule has 2 nitrogen and oxygen atoms in total. The van der Waals surface area contributed by atoms with Gasteiger partial charge in [0.05, 0.1) is 0 Å². The predicted octanol–water partition coefficient (Wildman–Crippen LogP) is 1.68. The van der Waals surface area contributed by atoms with Gasteiger partial charge in [-0.1, -0.05) is 13.8 Å². The molecule has 0 aromatic heterocycles. The first kappa shape index (κ1) is 8.45. The molecule has 0 aliphatic carbocycles. The first-order chi connectivity index (χ1) is 4.75. The van der Waals surface area contributed by atoms with E-state index in [2.05, 4.69) is 24.5 Å². The molecule has 2 N–H and O–H groups in total. The van der Waals surface area contributed by atoms with Crippen LogP contribution in [-0.2, 0) is 0 Å². The molecule has 1 rings (SSSR count). The van der Waals surface area contributed by atoms with Crippen molar-refractivity contribution >= 4 is 8.07 Å². The molecule has 0 saturated carbocycles. The molecule has 0 aromatic rings. The number of hydrazine groups is 1. The van der Waals surface area contributed by atoms with Crippen molar-refractivity contribution in [2.75, 3.05) is 7.05 Å². The van der Waals surface area contributed by atoms with Crippen molar-refractivity contribution in [1.29, 1.82) is 0 Å². The summed E-state index contributed by atoms with van der Waals surface area (Å²) >= 11 is 0. The van der Waals surface area contributed by atoms with Crippen LogP contribution in [-0.4, -0.2) is 18.4 Å². The van der Waals surface area contributed by atoms with Gasteiger partial charge in [-0.2, -0.15) is 0 Å². The Balaban J connectivity index is 2.38. The standard InChI is InChI=1S/C7H17N2P/c1-6-4-5-7(2)10(6)9-8-3/h6-9H,4-5H2,1-3H3/t6-,7-/m1/s1. The first-order valence-corrected chi connectivity index (χ1v) is 5.44. The van der Waals surface area contributed by atoms with E-state index in [4.69, 9.17) is 0 Å². The second-order valence-electron chi connectivity index (χ2n) is 3.04. The third-order valence-corrected chi connectivity index (χ3v) is 5.09. The van der Waals surface area contributed by atoms with Crippen molar-refractivity contribution in [2.45, 2.75) is 38.0 Å². The molecule has 2 atom stereocenters. The average Bonchev–Trinajstić information content (AvgIpc) is 2.20. The largest absolute Gasteiger partial charge is 0.257 e. The van der Waals surface area contributed by atoms with Crippen LogP contribution in [0.4, 0.5) is 0 Å². The van der Waals surface area contributed by atoms with Crippen molar-refractivity contribution < 1.29 is 0 Å². The molecule has 1 fully saturated rings. The van der Waals surface area contributed by atoms with Crippen LogP contribution < -0.4 is 10.6 Å². The summed E-state index contributed by atoms with van der Waals surface area (Å²) in [6, 6.07) is 0. The maximum atomic E-state index is 3.36. The number of rotatable bonds is 2. The summed E-state index contributed by atoms with van der Waals surface area (Å²) in [6.07, 6.45) is 2.81. The third-order valence-electron chi connectivity index (χ3n) is 2.19. The van der Waals surface area contributed by atoms with E-state index < -0.39 is 0 Å². The fourth-order valence-corrected chi connectivity index (χ4v) is 3.97. The smallest absolute Gasteiger partial charge is 0.00117 e. The van der Waals surface area contributed by atoms with E-state index in [9.17, 15) is 0 Å². The molecule has 10 heavy (non-hydrogen) atoms. The van der Waals surface area contributed by atoms with Crippen LogP contribution in [0.3, 0.4) is 0 Å². The van der Waals surface area contributed by atoms with E-state index in [1.165, 1.54) is 12.8 Å². The van der Waals surface area contributed by atoms with Crippen LogP contribution in [0.15, 0.2) is 0 Å². The average molecular weight is 160 g/mol. The molecule has 1 aliphatic rings. The van der Waals surface area contributed by atoms with Crippen molar-refractivity contribution in [3.8, 4) is 0 Å². The topological polar surface area (TPSA) is 24.1 Å². The van der Waals surface area contributed by atoms with Gasteiger partial charge in [0.25, 0.3) is 0 Å². The minimum absolute atomic E-state index is 0.0712. The van der Waals surface area contributed by atoms with Crippen LogP contribution in [0, 0.1) is 0 Å². The molecule has 0 aromatic carbocycles. The van der Waals surface area contributed by atoms with Gasteiger partial charge in [0.15, 0.2) is 0 Å². The Bertz CT molecular complexity index is 97.8. The van der Waals surface area contributed by atoms with Gasteiger partial charge in [0.1, 0.15) is 0 Å². The molecule has 1 aliphatic heterocycles. The second kappa shape index (κ2) is 3.66. The van der Waals surface area contributed by atoms with E-state index in [0.717, 1.165) is 11.3 Å². The van der Waals surface area contributed by atoms with Crippen molar-refractivity contribution in [3.63, 3.8) is 0 Å². The Morgan fingerprint density at radius 2 is 1.70 bits per heavy atom. The molecule has 0 bridgehead atoms. The van der Waals surface area contributed by atoms with Crippen molar-refractivity contribution in [1.82, 2.24) is 10.6 Å². The van der Waals surface area contributed by atoms with Crippen LogP contribution >= 0.6 is 8.07 Å². The van der Waals surface area contributed by atoms with E-state index in [-0.39, 0.29) is 8.07 Å². The van der Waals surface area contributed by atoms with Gasteiger partial charge in [0.2, 0.25) is 0 Å². The highest BCUT2D eigenvalue weighted by molar-refractivity contribution is 7.57. The molecule has 60 valence electrons. The maximum Gasteiger partial charge on any atom is -0.00117 e. The highest BCUT2D eigenvalue weighted by Gasteiger charge is 2.28. The van der Waals surface area contributed by atoms with Crippen LogP contribution in [0.2, 0.25) is 0 Å². The van der Waals surface area contributed by atoms with Gasteiger partial charge < -0.3 is 0 Å². The summed E-state index contributed by atoms with van der Waals surface area (Å²) in [5, 5.41) is 3.36. The predicted molar refractivity (Wildman–Crippen MR) is 47.3 cm³/mol. The number of hydrogen-bond acceptors (Lipinski definition) is 2. The van der Waals surface area contributed by atoms with Gasteiger partial charge in [-0.25, -0.2) is 5.20 Å². The molecule has 0 amide bonds.